The van der Waals surface area contributed by atoms with Gasteiger partial charge in [-0.15, -0.1) is 0 Å². The van der Waals surface area contributed by atoms with E-state index in [9.17, 15) is 0 Å². The van der Waals surface area contributed by atoms with E-state index in [1.807, 2.05) is 18.2 Å². The van der Waals surface area contributed by atoms with E-state index in [1.165, 1.54) is 0 Å². The van der Waals surface area contributed by atoms with Crippen LogP contribution in [0.15, 0.2) is 18.2 Å². The SMILES string of the molecule is CC(C)(CCN)CCc1nc2ccc(Cl)cc2[nH]1. The van der Waals surface area contributed by atoms with Crippen LogP contribution in [0.2, 0.25) is 5.02 Å². The monoisotopic (exact) mass is 265 g/mol. The summed E-state index contributed by atoms with van der Waals surface area (Å²) in [5.41, 5.74) is 7.88. The van der Waals surface area contributed by atoms with E-state index in [0.717, 1.165) is 47.7 Å². The molecule has 0 aliphatic heterocycles. The molecule has 0 radical (unpaired) electrons. The highest BCUT2D eigenvalue weighted by molar-refractivity contribution is 6.31. The van der Waals surface area contributed by atoms with Gasteiger partial charge < -0.3 is 10.7 Å². The number of halogens is 1. The Morgan fingerprint density at radius 2 is 2.11 bits per heavy atom. The van der Waals surface area contributed by atoms with Gasteiger partial charge in [0, 0.05) is 11.4 Å². The van der Waals surface area contributed by atoms with Crippen molar-refractivity contribution in [1.82, 2.24) is 9.97 Å². The van der Waals surface area contributed by atoms with Gasteiger partial charge in [-0.05, 0) is 43.0 Å². The van der Waals surface area contributed by atoms with E-state index in [2.05, 4.69) is 23.8 Å². The van der Waals surface area contributed by atoms with E-state index < -0.39 is 0 Å². The van der Waals surface area contributed by atoms with E-state index in [1.54, 1.807) is 0 Å². The average molecular weight is 266 g/mol. The number of hydrogen-bond donors (Lipinski definition) is 2. The average Bonchev–Trinajstić information content (AvgIpc) is 2.68. The van der Waals surface area contributed by atoms with Crippen molar-refractivity contribution in [2.75, 3.05) is 6.54 Å². The van der Waals surface area contributed by atoms with Crippen LogP contribution in [0.25, 0.3) is 11.0 Å². The van der Waals surface area contributed by atoms with Gasteiger partial charge in [-0.3, -0.25) is 0 Å². The second-order valence-electron chi connectivity index (χ2n) is 5.55. The molecule has 1 heterocycles. The minimum Gasteiger partial charge on any atom is -0.342 e. The molecule has 2 rings (SSSR count). The van der Waals surface area contributed by atoms with Gasteiger partial charge in [0.2, 0.25) is 0 Å². The molecule has 3 nitrogen and oxygen atoms in total. The van der Waals surface area contributed by atoms with Gasteiger partial charge in [-0.25, -0.2) is 4.98 Å². The van der Waals surface area contributed by atoms with Crippen LogP contribution >= 0.6 is 11.6 Å². The number of rotatable bonds is 5. The predicted molar refractivity (Wildman–Crippen MR) is 76.9 cm³/mol. The second-order valence-corrected chi connectivity index (χ2v) is 5.98. The Morgan fingerprint density at radius 1 is 1.33 bits per heavy atom. The molecule has 0 amide bonds. The van der Waals surface area contributed by atoms with Gasteiger partial charge in [0.15, 0.2) is 0 Å². The molecule has 0 unspecified atom stereocenters. The third-order valence-corrected chi connectivity index (χ3v) is 3.59. The molecule has 0 atom stereocenters. The number of nitrogens with one attached hydrogen (secondary N) is 1. The summed E-state index contributed by atoms with van der Waals surface area (Å²) in [6, 6.07) is 5.73. The second kappa shape index (κ2) is 5.29. The van der Waals surface area contributed by atoms with Crippen LogP contribution in [0.4, 0.5) is 0 Å². The smallest absolute Gasteiger partial charge is 0.107 e. The number of nitrogens with two attached hydrogens (primary N) is 1. The minimum atomic E-state index is 0.269. The summed E-state index contributed by atoms with van der Waals surface area (Å²) < 4.78 is 0. The predicted octanol–water partition coefficient (Wildman–Crippen LogP) is 3.52. The quantitative estimate of drug-likeness (QED) is 0.869. The molecular weight excluding hydrogens is 246 g/mol. The largest absolute Gasteiger partial charge is 0.342 e. The molecule has 2 aromatic rings. The number of aromatic nitrogens is 2. The molecule has 0 saturated heterocycles. The summed E-state index contributed by atoms with van der Waals surface area (Å²) in [5.74, 6) is 1.03. The molecule has 0 spiro atoms. The first-order valence-electron chi connectivity index (χ1n) is 6.34. The highest BCUT2D eigenvalue weighted by Gasteiger charge is 2.17. The molecule has 18 heavy (non-hydrogen) atoms. The molecule has 0 aliphatic carbocycles. The van der Waals surface area contributed by atoms with Gasteiger partial charge in [-0.1, -0.05) is 25.4 Å². The Hall–Kier alpha value is -1.06. The molecule has 4 heteroatoms. The number of nitrogens with zero attached hydrogens (tertiary/aromatic N) is 1. The maximum Gasteiger partial charge on any atom is 0.107 e. The number of imidazole rings is 1. The summed E-state index contributed by atoms with van der Waals surface area (Å²) in [6.45, 7) is 5.24. The summed E-state index contributed by atoms with van der Waals surface area (Å²) in [7, 11) is 0. The molecule has 3 N–H and O–H groups in total. The Morgan fingerprint density at radius 3 is 2.83 bits per heavy atom. The fourth-order valence-corrected chi connectivity index (χ4v) is 2.30. The first kappa shape index (κ1) is 13.4. The van der Waals surface area contributed by atoms with Gasteiger partial charge in [0.1, 0.15) is 5.82 Å². The normalized spacial score (nSPS) is 12.2. The van der Waals surface area contributed by atoms with Crippen LogP contribution < -0.4 is 5.73 Å². The van der Waals surface area contributed by atoms with Crippen molar-refractivity contribution in [3.63, 3.8) is 0 Å². The summed E-state index contributed by atoms with van der Waals surface area (Å²) in [5, 5.41) is 0.737. The number of aryl methyl sites for hydroxylation is 1. The van der Waals surface area contributed by atoms with Gasteiger partial charge in [0.05, 0.1) is 11.0 Å². The van der Waals surface area contributed by atoms with Gasteiger partial charge >= 0.3 is 0 Å². The standard InChI is InChI=1S/C14H20ClN3/c1-14(2,7-8-16)6-5-13-17-11-4-3-10(15)9-12(11)18-13/h3-4,9H,5-8,16H2,1-2H3,(H,17,18). The van der Waals surface area contributed by atoms with Crippen LogP contribution in [-0.4, -0.2) is 16.5 Å². The van der Waals surface area contributed by atoms with Crippen molar-refractivity contribution >= 4 is 22.6 Å². The Labute approximate surface area is 113 Å². The molecule has 1 aromatic heterocycles. The topological polar surface area (TPSA) is 54.7 Å². The van der Waals surface area contributed by atoms with Crippen molar-refractivity contribution in [1.29, 1.82) is 0 Å². The van der Waals surface area contributed by atoms with Crippen molar-refractivity contribution in [3.8, 4) is 0 Å². The summed E-state index contributed by atoms with van der Waals surface area (Å²) >= 11 is 5.96. The summed E-state index contributed by atoms with van der Waals surface area (Å²) in [4.78, 5) is 7.90. The fourth-order valence-electron chi connectivity index (χ4n) is 2.13. The molecule has 1 aromatic carbocycles. The van der Waals surface area contributed by atoms with Gasteiger partial charge in [-0.2, -0.15) is 0 Å². The van der Waals surface area contributed by atoms with Crippen LogP contribution in [0, 0.1) is 5.41 Å². The number of benzene rings is 1. The molecular formula is C14H20ClN3. The highest BCUT2D eigenvalue weighted by atomic mass is 35.5. The van der Waals surface area contributed by atoms with Crippen LogP contribution in [0.1, 0.15) is 32.5 Å². The lowest BCUT2D eigenvalue weighted by Gasteiger charge is -2.22. The Bertz CT molecular complexity index is 531. The first-order valence-corrected chi connectivity index (χ1v) is 6.72. The summed E-state index contributed by atoms with van der Waals surface area (Å²) in [6.07, 6.45) is 3.07. The van der Waals surface area contributed by atoms with Crippen molar-refractivity contribution in [3.05, 3.63) is 29.0 Å². The Balaban J connectivity index is 2.08. The van der Waals surface area contributed by atoms with Gasteiger partial charge in [0.25, 0.3) is 0 Å². The minimum absolute atomic E-state index is 0.269. The lowest BCUT2D eigenvalue weighted by atomic mass is 9.84. The fraction of sp³-hybridized carbons (Fsp3) is 0.500. The van der Waals surface area contributed by atoms with E-state index in [4.69, 9.17) is 17.3 Å². The number of hydrogen-bond acceptors (Lipinski definition) is 2. The third-order valence-electron chi connectivity index (χ3n) is 3.35. The molecule has 0 aliphatic rings. The molecule has 0 saturated carbocycles. The zero-order chi connectivity index (χ0) is 13.2. The first-order chi connectivity index (χ1) is 8.50. The van der Waals surface area contributed by atoms with E-state index in [0.29, 0.717) is 0 Å². The maximum absolute atomic E-state index is 5.96. The van der Waals surface area contributed by atoms with E-state index in [-0.39, 0.29) is 5.41 Å². The maximum atomic E-state index is 5.96. The molecule has 98 valence electrons. The van der Waals surface area contributed by atoms with Crippen LogP contribution in [-0.2, 0) is 6.42 Å². The number of fused-ring (bicyclic) bond motifs is 1. The zero-order valence-electron chi connectivity index (χ0n) is 11.0. The van der Waals surface area contributed by atoms with Crippen molar-refractivity contribution in [2.45, 2.75) is 33.1 Å². The van der Waals surface area contributed by atoms with Crippen LogP contribution in [0.5, 0.6) is 0 Å². The number of aromatic amines is 1. The molecule has 0 fully saturated rings. The van der Waals surface area contributed by atoms with E-state index >= 15 is 0 Å². The highest BCUT2D eigenvalue weighted by Crippen LogP contribution is 2.26. The molecule has 0 bridgehead atoms. The third kappa shape index (κ3) is 3.24. The zero-order valence-corrected chi connectivity index (χ0v) is 11.7. The lowest BCUT2D eigenvalue weighted by Crippen LogP contribution is -2.18. The van der Waals surface area contributed by atoms with Crippen molar-refractivity contribution < 1.29 is 0 Å². The number of H-pyrrole nitrogens is 1. The Kier molecular flexibility index (Phi) is 3.93. The van der Waals surface area contributed by atoms with Crippen LogP contribution in [0.3, 0.4) is 0 Å². The lowest BCUT2D eigenvalue weighted by molar-refractivity contribution is 0.311. The van der Waals surface area contributed by atoms with Crippen molar-refractivity contribution in [2.24, 2.45) is 11.1 Å².